The molecule has 0 radical (unpaired) electrons. The van der Waals surface area contributed by atoms with Gasteiger partial charge in [0.1, 0.15) is 0 Å². The van der Waals surface area contributed by atoms with Crippen LogP contribution in [0.15, 0.2) is 0 Å². The van der Waals surface area contributed by atoms with Crippen LogP contribution in [0.4, 0.5) is 0 Å². The van der Waals surface area contributed by atoms with Gasteiger partial charge in [-0.05, 0) is 14.0 Å². The molecule has 1 atom stereocenters. The minimum Gasteiger partial charge on any atom is -0.548 e. The van der Waals surface area contributed by atoms with Crippen LogP contribution in [0.1, 0.15) is 6.92 Å². The fourth-order valence-corrected chi connectivity index (χ4v) is 0.118. The average Bonchev–Trinajstić information content (AvgIpc) is 1.65. The molecule has 0 aliphatic rings. The van der Waals surface area contributed by atoms with E-state index in [0.717, 1.165) is 0 Å². The van der Waals surface area contributed by atoms with Crippen molar-refractivity contribution in [3.8, 4) is 0 Å². The van der Waals surface area contributed by atoms with Gasteiger partial charge < -0.3 is 15.2 Å². The SMILES string of the molecule is CN[C@@H](C)C(=O)[O-]. The van der Waals surface area contributed by atoms with Gasteiger partial charge in [-0.1, -0.05) is 0 Å². The molecule has 0 spiro atoms. The molecule has 3 nitrogen and oxygen atoms in total. The Balaban J connectivity index is 3.34. The summed E-state index contributed by atoms with van der Waals surface area (Å²) >= 11 is 0. The molecule has 7 heavy (non-hydrogen) atoms. The molecule has 1 N–H and O–H groups in total. The number of carboxylic acids is 1. The maximum Gasteiger partial charge on any atom is 0.0581 e. The van der Waals surface area contributed by atoms with Gasteiger partial charge in [-0.25, -0.2) is 0 Å². The lowest BCUT2D eigenvalue weighted by atomic mass is 10.4. The van der Waals surface area contributed by atoms with Gasteiger partial charge in [0.15, 0.2) is 0 Å². The maximum atomic E-state index is 9.76. The minimum absolute atomic E-state index is 0.542. The van der Waals surface area contributed by atoms with Gasteiger partial charge in [-0.2, -0.15) is 0 Å². The Morgan fingerprint density at radius 3 is 2.29 bits per heavy atom. The first kappa shape index (κ1) is 6.43. The van der Waals surface area contributed by atoms with Crippen molar-refractivity contribution in [1.29, 1.82) is 0 Å². The summed E-state index contributed by atoms with van der Waals surface area (Å²) in [6.07, 6.45) is 0. The quantitative estimate of drug-likeness (QED) is 0.454. The van der Waals surface area contributed by atoms with Gasteiger partial charge in [-0.3, -0.25) is 0 Å². The van der Waals surface area contributed by atoms with E-state index in [1.165, 1.54) is 6.92 Å². The summed E-state index contributed by atoms with van der Waals surface area (Å²) in [6, 6.07) is -0.542. The molecule has 3 heteroatoms. The van der Waals surface area contributed by atoms with Crippen molar-refractivity contribution in [3.63, 3.8) is 0 Å². The van der Waals surface area contributed by atoms with E-state index in [9.17, 15) is 9.90 Å². The molecule has 0 aromatic rings. The van der Waals surface area contributed by atoms with Crippen molar-refractivity contribution in [2.45, 2.75) is 13.0 Å². The predicted octanol–water partition coefficient (Wildman–Crippen LogP) is -1.66. The molecule has 0 aliphatic heterocycles. The van der Waals surface area contributed by atoms with E-state index in [2.05, 4.69) is 5.32 Å². The van der Waals surface area contributed by atoms with Crippen molar-refractivity contribution in [2.24, 2.45) is 0 Å². The largest absolute Gasteiger partial charge is 0.548 e. The highest BCUT2D eigenvalue weighted by atomic mass is 16.4. The Hall–Kier alpha value is -0.570. The smallest absolute Gasteiger partial charge is 0.0581 e. The molecule has 0 heterocycles. The lowest BCUT2D eigenvalue weighted by Crippen LogP contribution is -2.41. The summed E-state index contributed by atoms with van der Waals surface area (Å²) in [4.78, 5) is 9.76. The van der Waals surface area contributed by atoms with E-state index in [-0.39, 0.29) is 0 Å². The molecule has 0 saturated heterocycles. The highest BCUT2D eigenvalue weighted by Gasteiger charge is 1.93. The number of carbonyl (C=O) groups is 1. The molecule has 0 unspecified atom stereocenters. The van der Waals surface area contributed by atoms with Gasteiger partial charge in [0.25, 0.3) is 0 Å². The second-order valence-electron chi connectivity index (χ2n) is 1.33. The van der Waals surface area contributed by atoms with E-state index in [1.54, 1.807) is 7.05 Å². The topological polar surface area (TPSA) is 52.2 Å². The number of hydrogen-bond donors (Lipinski definition) is 1. The van der Waals surface area contributed by atoms with Crippen LogP contribution in [0, 0.1) is 0 Å². The molecular weight excluding hydrogens is 94.0 g/mol. The van der Waals surface area contributed by atoms with Crippen LogP contribution in [0.5, 0.6) is 0 Å². The van der Waals surface area contributed by atoms with Gasteiger partial charge in [0.05, 0.1) is 5.97 Å². The van der Waals surface area contributed by atoms with Crippen LogP contribution in [0.3, 0.4) is 0 Å². The molecule has 0 amide bonds. The number of likely N-dealkylation sites (N-methyl/N-ethyl adjacent to an activating group) is 1. The fraction of sp³-hybridized carbons (Fsp3) is 0.750. The number of nitrogens with one attached hydrogen (secondary N) is 1. The highest BCUT2D eigenvalue weighted by Crippen LogP contribution is 1.70. The number of hydrogen-bond acceptors (Lipinski definition) is 3. The van der Waals surface area contributed by atoms with Gasteiger partial charge in [0.2, 0.25) is 0 Å². The minimum atomic E-state index is -1.07. The molecule has 42 valence electrons. The van der Waals surface area contributed by atoms with Crippen LogP contribution in [0.2, 0.25) is 0 Å². The Bertz CT molecular complexity index is 72.1. The zero-order valence-electron chi connectivity index (χ0n) is 4.39. The van der Waals surface area contributed by atoms with Crippen molar-refractivity contribution in [3.05, 3.63) is 0 Å². The van der Waals surface area contributed by atoms with Crippen LogP contribution in [-0.4, -0.2) is 19.1 Å². The standard InChI is InChI=1S/C4H9NO2/c1-3(5-2)4(6)7/h3,5H,1-2H3,(H,6,7)/p-1/t3-/m0/s1. The molecule has 0 fully saturated rings. The summed E-state index contributed by atoms with van der Waals surface area (Å²) < 4.78 is 0. The molecule has 0 bridgehead atoms. The third-order valence-corrected chi connectivity index (χ3v) is 0.787. The third-order valence-electron chi connectivity index (χ3n) is 0.787. The Labute approximate surface area is 42.3 Å². The molecule has 0 saturated carbocycles. The average molecular weight is 102 g/mol. The lowest BCUT2D eigenvalue weighted by Gasteiger charge is -2.08. The van der Waals surface area contributed by atoms with Gasteiger partial charge in [-0.15, -0.1) is 0 Å². The Morgan fingerprint density at radius 2 is 2.29 bits per heavy atom. The Kier molecular flexibility index (Phi) is 2.37. The van der Waals surface area contributed by atoms with E-state index in [1.807, 2.05) is 0 Å². The first-order valence-electron chi connectivity index (χ1n) is 2.06. The van der Waals surface area contributed by atoms with E-state index in [0.29, 0.717) is 0 Å². The number of rotatable bonds is 2. The Morgan fingerprint density at radius 1 is 1.86 bits per heavy atom. The normalized spacial score (nSPS) is 13.4. The molecule has 0 aromatic heterocycles. The summed E-state index contributed by atoms with van der Waals surface area (Å²) in [5, 5.41) is 12.3. The van der Waals surface area contributed by atoms with Gasteiger partial charge in [0, 0.05) is 6.04 Å². The lowest BCUT2D eigenvalue weighted by molar-refractivity contribution is -0.307. The van der Waals surface area contributed by atoms with Crippen LogP contribution < -0.4 is 10.4 Å². The number of carbonyl (C=O) groups excluding carboxylic acids is 1. The molecule has 0 aromatic carbocycles. The van der Waals surface area contributed by atoms with Gasteiger partial charge >= 0.3 is 0 Å². The van der Waals surface area contributed by atoms with E-state index < -0.39 is 12.0 Å². The third kappa shape index (κ3) is 2.17. The predicted molar refractivity (Wildman–Crippen MR) is 23.5 cm³/mol. The number of aliphatic carboxylic acids is 1. The van der Waals surface area contributed by atoms with Crippen LogP contribution in [-0.2, 0) is 4.79 Å². The second kappa shape index (κ2) is 2.58. The van der Waals surface area contributed by atoms with Crippen molar-refractivity contribution in [1.82, 2.24) is 5.32 Å². The van der Waals surface area contributed by atoms with Crippen molar-refractivity contribution < 1.29 is 9.90 Å². The molecule has 0 rings (SSSR count). The monoisotopic (exact) mass is 102 g/mol. The molecular formula is C4H8NO2-. The zero-order chi connectivity index (χ0) is 5.86. The van der Waals surface area contributed by atoms with Crippen molar-refractivity contribution in [2.75, 3.05) is 7.05 Å². The first-order chi connectivity index (χ1) is 3.18. The van der Waals surface area contributed by atoms with Crippen LogP contribution in [0.25, 0.3) is 0 Å². The summed E-state index contributed by atoms with van der Waals surface area (Å²) in [5.41, 5.74) is 0. The van der Waals surface area contributed by atoms with E-state index >= 15 is 0 Å². The summed E-state index contributed by atoms with van der Waals surface area (Å²) in [7, 11) is 1.57. The first-order valence-corrected chi connectivity index (χ1v) is 2.06. The highest BCUT2D eigenvalue weighted by molar-refractivity contribution is 5.70. The van der Waals surface area contributed by atoms with Crippen molar-refractivity contribution >= 4 is 5.97 Å². The summed E-state index contributed by atoms with van der Waals surface area (Å²) in [6.45, 7) is 1.52. The maximum absolute atomic E-state index is 9.76. The second-order valence-corrected chi connectivity index (χ2v) is 1.33. The zero-order valence-corrected chi connectivity index (χ0v) is 4.39. The number of carboxylic acid groups (broad SMARTS) is 1. The van der Waals surface area contributed by atoms with Crippen LogP contribution >= 0.6 is 0 Å². The summed E-state index contributed by atoms with van der Waals surface area (Å²) in [5.74, 6) is -1.07. The van der Waals surface area contributed by atoms with E-state index in [4.69, 9.17) is 0 Å². The fourth-order valence-electron chi connectivity index (χ4n) is 0.118. The molecule has 0 aliphatic carbocycles.